The van der Waals surface area contributed by atoms with Crippen LogP contribution in [0.5, 0.6) is 0 Å². The summed E-state index contributed by atoms with van der Waals surface area (Å²) >= 11 is 0. The molecule has 3 heteroatoms. The third kappa shape index (κ3) is 5.50. The molecule has 16 heavy (non-hydrogen) atoms. The van der Waals surface area contributed by atoms with E-state index in [4.69, 9.17) is 5.11 Å². The molecule has 0 radical (unpaired) electrons. The van der Waals surface area contributed by atoms with Gasteiger partial charge in [-0.15, -0.1) is 0 Å². The highest BCUT2D eigenvalue weighted by atomic mass is 16.4. The van der Waals surface area contributed by atoms with Crippen LogP contribution in [0, 0.1) is 11.8 Å². The predicted molar refractivity (Wildman–Crippen MR) is 65.5 cm³/mol. The van der Waals surface area contributed by atoms with Gasteiger partial charge in [0.25, 0.3) is 0 Å². The van der Waals surface area contributed by atoms with Crippen LogP contribution < -0.4 is 5.32 Å². The summed E-state index contributed by atoms with van der Waals surface area (Å²) in [5, 5.41) is 12.0. The smallest absolute Gasteiger partial charge is 0.303 e. The van der Waals surface area contributed by atoms with E-state index in [1.807, 2.05) is 0 Å². The van der Waals surface area contributed by atoms with Crippen LogP contribution >= 0.6 is 0 Å². The molecule has 0 spiro atoms. The molecule has 0 aromatic heterocycles. The third-order valence-corrected chi connectivity index (χ3v) is 3.69. The van der Waals surface area contributed by atoms with Crippen molar-refractivity contribution in [2.24, 2.45) is 11.8 Å². The molecule has 0 amide bonds. The Hall–Kier alpha value is -0.570. The largest absolute Gasteiger partial charge is 0.481 e. The lowest BCUT2D eigenvalue weighted by Crippen LogP contribution is -2.29. The van der Waals surface area contributed by atoms with Gasteiger partial charge in [-0.3, -0.25) is 4.79 Å². The number of unbranched alkanes of at least 4 members (excludes halogenated alkanes) is 1. The van der Waals surface area contributed by atoms with Gasteiger partial charge in [0.2, 0.25) is 0 Å². The summed E-state index contributed by atoms with van der Waals surface area (Å²) in [4.78, 5) is 10.3. The number of carboxylic acids is 1. The maximum Gasteiger partial charge on any atom is 0.303 e. The van der Waals surface area contributed by atoms with Gasteiger partial charge in [-0.05, 0) is 44.2 Å². The van der Waals surface area contributed by atoms with Gasteiger partial charge in [0.05, 0.1) is 0 Å². The van der Waals surface area contributed by atoms with Crippen molar-refractivity contribution >= 4 is 5.97 Å². The fourth-order valence-electron chi connectivity index (χ4n) is 2.51. The van der Waals surface area contributed by atoms with E-state index in [1.165, 1.54) is 25.7 Å². The monoisotopic (exact) mass is 227 g/mol. The lowest BCUT2D eigenvalue weighted by atomic mass is 9.80. The summed E-state index contributed by atoms with van der Waals surface area (Å²) in [6.07, 6.45) is 7.61. The lowest BCUT2D eigenvalue weighted by molar-refractivity contribution is -0.137. The Balaban J connectivity index is 1.95. The second-order valence-corrected chi connectivity index (χ2v) is 5.08. The van der Waals surface area contributed by atoms with Crippen molar-refractivity contribution in [3.63, 3.8) is 0 Å². The molecule has 0 heterocycles. The fourth-order valence-corrected chi connectivity index (χ4v) is 2.51. The summed E-state index contributed by atoms with van der Waals surface area (Å²) in [5.41, 5.74) is 0. The second-order valence-electron chi connectivity index (χ2n) is 5.08. The molecule has 3 nitrogen and oxygen atoms in total. The molecule has 1 aliphatic carbocycles. The van der Waals surface area contributed by atoms with Crippen molar-refractivity contribution in [2.75, 3.05) is 13.1 Å². The maximum atomic E-state index is 10.3. The molecule has 2 N–H and O–H groups in total. The first-order chi connectivity index (χ1) is 7.70. The number of aliphatic carboxylic acids is 1. The van der Waals surface area contributed by atoms with E-state index in [2.05, 4.69) is 12.2 Å². The number of carboxylic acid groups (broad SMARTS) is 1. The number of carbonyl (C=O) groups is 1. The van der Waals surface area contributed by atoms with Crippen LogP contribution in [0.25, 0.3) is 0 Å². The fraction of sp³-hybridized carbons (Fsp3) is 0.923. The third-order valence-electron chi connectivity index (χ3n) is 3.69. The minimum absolute atomic E-state index is 0.307. The molecule has 0 aliphatic heterocycles. The highest BCUT2D eigenvalue weighted by Gasteiger charge is 2.20. The molecule has 1 aliphatic rings. The van der Waals surface area contributed by atoms with Gasteiger partial charge in [-0.1, -0.05) is 26.2 Å². The Bertz CT molecular complexity index is 206. The summed E-state index contributed by atoms with van der Waals surface area (Å²) in [5.74, 6) is 1.02. The zero-order chi connectivity index (χ0) is 11.8. The number of hydrogen-bond donors (Lipinski definition) is 2. The summed E-state index contributed by atoms with van der Waals surface area (Å²) < 4.78 is 0. The van der Waals surface area contributed by atoms with Crippen molar-refractivity contribution in [3.05, 3.63) is 0 Å². The van der Waals surface area contributed by atoms with Crippen molar-refractivity contribution in [3.8, 4) is 0 Å². The van der Waals surface area contributed by atoms with Gasteiger partial charge in [-0.2, -0.15) is 0 Å². The van der Waals surface area contributed by atoms with E-state index in [-0.39, 0.29) is 0 Å². The topological polar surface area (TPSA) is 49.3 Å². The molecular weight excluding hydrogens is 202 g/mol. The summed E-state index contributed by atoms with van der Waals surface area (Å²) in [6.45, 7) is 4.45. The Labute approximate surface area is 98.6 Å². The Morgan fingerprint density at radius 3 is 2.75 bits per heavy atom. The highest BCUT2D eigenvalue weighted by molar-refractivity contribution is 5.66. The van der Waals surface area contributed by atoms with Crippen LogP contribution in [0.15, 0.2) is 0 Å². The molecule has 0 aromatic rings. The minimum Gasteiger partial charge on any atom is -0.481 e. The highest BCUT2D eigenvalue weighted by Crippen LogP contribution is 2.28. The van der Waals surface area contributed by atoms with E-state index in [9.17, 15) is 4.79 Å². The van der Waals surface area contributed by atoms with Crippen molar-refractivity contribution in [1.29, 1.82) is 0 Å². The quantitative estimate of drug-likeness (QED) is 0.657. The summed E-state index contributed by atoms with van der Waals surface area (Å²) in [6, 6.07) is 0. The zero-order valence-corrected chi connectivity index (χ0v) is 10.4. The van der Waals surface area contributed by atoms with Gasteiger partial charge in [0.1, 0.15) is 0 Å². The van der Waals surface area contributed by atoms with Crippen LogP contribution in [-0.2, 0) is 4.79 Å². The van der Waals surface area contributed by atoms with Gasteiger partial charge in [0, 0.05) is 6.42 Å². The first-order valence-corrected chi connectivity index (χ1v) is 6.62. The minimum atomic E-state index is -0.680. The Kier molecular flexibility index (Phi) is 6.46. The molecular formula is C13H25NO2. The van der Waals surface area contributed by atoms with E-state index in [0.717, 1.165) is 37.8 Å². The van der Waals surface area contributed by atoms with E-state index < -0.39 is 5.97 Å². The van der Waals surface area contributed by atoms with Crippen LogP contribution in [-0.4, -0.2) is 24.2 Å². The van der Waals surface area contributed by atoms with Gasteiger partial charge in [-0.25, -0.2) is 0 Å². The lowest BCUT2D eigenvalue weighted by Gasteiger charge is -2.28. The number of nitrogens with one attached hydrogen (secondary N) is 1. The first kappa shape index (κ1) is 13.5. The van der Waals surface area contributed by atoms with Gasteiger partial charge >= 0.3 is 5.97 Å². The van der Waals surface area contributed by atoms with Gasteiger partial charge < -0.3 is 10.4 Å². The molecule has 0 saturated heterocycles. The maximum absolute atomic E-state index is 10.3. The zero-order valence-electron chi connectivity index (χ0n) is 10.4. The van der Waals surface area contributed by atoms with Crippen LogP contribution in [0.1, 0.15) is 51.9 Å². The van der Waals surface area contributed by atoms with Crippen molar-refractivity contribution in [1.82, 2.24) is 5.32 Å². The number of rotatable bonds is 7. The number of hydrogen-bond acceptors (Lipinski definition) is 2. The molecule has 94 valence electrons. The molecule has 0 aromatic carbocycles. The van der Waals surface area contributed by atoms with E-state index in [1.54, 1.807) is 0 Å². The van der Waals surface area contributed by atoms with Crippen molar-refractivity contribution in [2.45, 2.75) is 51.9 Å². The Morgan fingerprint density at radius 1 is 1.31 bits per heavy atom. The average molecular weight is 227 g/mol. The predicted octanol–water partition coefficient (Wildman–Crippen LogP) is 2.66. The van der Waals surface area contributed by atoms with Crippen molar-refractivity contribution < 1.29 is 9.90 Å². The normalized spacial score (nSPS) is 25.6. The Morgan fingerprint density at radius 2 is 2.06 bits per heavy atom. The SMILES string of the molecule is CC1CCCCC1CNCCCCC(=O)O. The molecule has 1 rings (SSSR count). The standard InChI is InChI=1S/C13H25NO2/c1-11-6-2-3-7-12(11)10-14-9-5-4-8-13(15)16/h11-12,14H,2-10H2,1H3,(H,15,16). The summed E-state index contributed by atoms with van der Waals surface area (Å²) in [7, 11) is 0. The van der Waals surface area contributed by atoms with Gasteiger partial charge in [0.15, 0.2) is 0 Å². The van der Waals surface area contributed by atoms with E-state index in [0.29, 0.717) is 6.42 Å². The van der Waals surface area contributed by atoms with Crippen LogP contribution in [0.4, 0.5) is 0 Å². The molecule has 2 atom stereocenters. The van der Waals surface area contributed by atoms with E-state index >= 15 is 0 Å². The molecule has 1 saturated carbocycles. The molecule has 0 bridgehead atoms. The second kappa shape index (κ2) is 7.66. The first-order valence-electron chi connectivity index (χ1n) is 6.62. The molecule has 2 unspecified atom stereocenters. The van der Waals surface area contributed by atoms with Crippen LogP contribution in [0.2, 0.25) is 0 Å². The molecule has 1 fully saturated rings. The average Bonchev–Trinajstić information content (AvgIpc) is 2.25. The van der Waals surface area contributed by atoms with Crippen LogP contribution in [0.3, 0.4) is 0 Å².